The number of nitrogen functional groups attached to an aromatic ring is 1. The van der Waals surface area contributed by atoms with E-state index in [9.17, 15) is 4.79 Å². The molecule has 5 heteroatoms. The van der Waals surface area contributed by atoms with Gasteiger partial charge in [-0.25, -0.2) is 4.79 Å². The molecular formula is C13H21NO3S. The standard InChI is InChI=1S/C13H21NO3S/c1-9(2)4-5-16-6-7-17-13(15)12-8-11(14)10(3)18-12/h8-9H,4-7,14H2,1-3H3. The SMILES string of the molecule is Cc1sc(C(=O)OCCOCCC(C)C)cc1N. The van der Waals surface area contributed by atoms with E-state index in [4.69, 9.17) is 15.2 Å². The maximum absolute atomic E-state index is 11.6. The van der Waals surface area contributed by atoms with Gasteiger partial charge in [-0.05, 0) is 25.3 Å². The molecule has 0 unspecified atom stereocenters. The summed E-state index contributed by atoms with van der Waals surface area (Å²) in [6.45, 7) is 7.61. The number of rotatable bonds is 7. The van der Waals surface area contributed by atoms with Gasteiger partial charge < -0.3 is 15.2 Å². The molecule has 0 saturated carbocycles. The van der Waals surface area contributed by atoms with Gasteiger partial charge in [0, 0.05) is 17.2 Å². The lowest BCUT2D eigenvalue weighted by Crippen LogP contribution is -2.11. The van der Waals surface area contributed by atoms with E-state index in [-0.39, 0.29) is 12.6 Å². The zero-order chi connectivity index (χ0) is 13.5. The molecule has 0 aliphatic heterocycles. The Morgan fingerprint density at radius 2 is 2.11 bits per heavy atom. The fourth-order valence-electron chi connectivity index (χ4n) is 1.28. The van der Waals surface area contributed by atoms with Crippen LogP contribution in [-0.2, 0) is 9.47 Å². The number of nitrogens with two attached hydrogens (primary N) is 1. The fourth-order valence-corrected chi connectivity index (χ4v) is 2.12. The maximum Gasteiger partial charge on any atom is 0.348 e. The summed E-state index contributed by atoms with van der Waals surface area (Å²) in [7, 11) is 0. The highest BCUT2D eigenvalue weighted by molar-refractivity contribution is 7.14. The molecule has 18 heavy (non-hydrogen) atoms. The van der Waals surface area contributed by atoms with Crippen molar-refractivity contribution in [3.05, 3.63) is 15.8 Å². The number of thiophene rings is 1. The summed E-state index contributed by atoms with van der Waals surface area (Å²) < 4.78 is 10.5. The minimum atomic E-state index is -0.327. The second-order valence-electron chi connectivity index (χ2n) is 4.55. The molecule has 2 N–H and O–H groups in total. The van der Waals surface area contributed by atoms with Crippen LogP contribution in [0.3, 0.4) is 0 Å². The Morgan fingerprint density at radius 1 is 1.39 bits per heavy atom. The third-order valence-corrected chi connectivity index (χ3v) is 3.50. The number of aryl methyl sites for hydroxylation is 1. The highest BCUT2D eigenvalue weighted by Gasteiger charge is 2.11. The van der Waals surface area contributed by atoms with Crippen molar-refractivity contribution in [2.24, 2.45) is 5.92 Å². The molecule has 0 atom stereocenters. The average molecular weight is 271 g/mol. The molecule has 0 saturated heterocycles. The Bertz CT molecular complexity index is 368. The first-order valence-corrected chi connectivity index (χ1v) is 6.93. The number of ether oxygens (including phenoxy) is 2. The van der Waals surface area contributed by atoms with Crippen molar-refractivity contribution in [2.75, 3.05) is 25.6 Å². The predicted octanol–water partition coefficient (Wildman–Crippen LogP) is 2.86. The van der Waals surface area contributed by atoms with E-state index in [1.54, 1.807) is 6.07 Å². The molecule has 0 amide bonds. The molecule has 0 fully saturated rings. The molecule has 0 radical (unpaired) electrons. The Labute approximate surface area is 112 Å². The van der Waals surface area contributed by atoms with Crippen LogP contribution in [0.25, 0.3) is 0 Å². The normalized spacial score (nSPS) is 10.9. The number of esters is 1. The number of hydrogen-bond acceptors (Lipinski definition) is 5. The van der Waals surface area contributed by atoms with Crippen molar-refractivity contribution in [2.45, 2.75) is 27.2 Å². The van der Waals surface area contributed by atoms with Crippen LogP contribution in [0.15, 0.2) is 6.07 Å². The molecule has 4 nitrogen and oxygen atoms in total. The van der Waals surface area contributed by atoms with Gasteiger partial charge in [-0.2, -0.15) is 0 Å². The first-order chi connectivity index (χ1) is 8.50. The van der Waals surface area contributed by atoms with Crippen LogP contribution in [0.5, 0.6) is 0 Å². The molecule has 1 heterocycles. The van der Waals surface area contributed by atoms with Crippen molar-refractivity contribution in [1.82, 2.24) is 0 Å². The third-order valence-electron chi connectivity index (χ3n) is 2.46. The Kier molecular flexibility index (Phi) is 6.15. The summed E-state index contributed by atoms with van der Waals surface area (Å²) in [6.07, 6.45) is 1.02. The number of hydrogen-bond donors (Lipinski definition) is 1. The summed E-state index contributed by atoms with van der Waals surface area (Å²) in [4.78, 5) is 13.1. The third kappa shape index (κ3) is 5.06. The Hall–Kier alpha value is -1.07. The number of anilines is 1. The van der Waals surface area contributed by atoms with E-state index in [2.05, 4.69) is 13.8 Å². The van der Waals surface area contributed by atoms with Gasteiger partial charge in [0.1, 0.15) is 11.5 Å². The van der Waals surface area contributed by atoms with Crippen LogP contribution in [0.2, 0.25) is 0 Å². The van der Waals surface area contributed by atoms with Crippen molar-refractivity contribution >= 4 is 23.0 Å². The van der Waals surface area contributed by atoms with Crippen molar-refractivity contribution in [3.8, 4) is 0 Å². The second kappa shape index (κ2) is 7.38. The van der Waals surface area contributed by atoms with Crippen LogP contribution in [-0.4, -0.2) is 25.8 Å². The van der Waals surface area contributed by atoms with E-state index >= 15 is 0 Å². The summed E-state index contributed by atoms with van der Waals surface area (Å²) in [5, 5.41) is 0. The molecule has 0 aromatic carbocycles. The zero-order valence-corrected chi connectivity index (χ0v) is 12.0. The average Bonchev–Trinajstić information content (AvgIpc) is 2.63. The topological polar surface area (TPSA) is 61.5 Å². The first kappa shape index (κ1) is 15.0. The van der Waals surface area contributed by atoms with E-state index in [0.717, 1.165) is 11.3 Å². The molecule has 0 aliphatic carbocycles. The quantitative estimate of drug-likeness (QED) is 0.612. The van der Waals surface area contributed by atoms with Gasteiger partial charge in [-0.3, -0.25) is 0 Å². The van der Waals surface area contributed by atoms with E-state index in [1.807, 2.05) is 6.92 Å². The summed E-state index contributed by atoms with van der Waals surface area (Å²) >= 11 is 1.35. The van der Waals surface area contributed by atoms with Crippen molar-refractivity contribution < 1.29 is 14.3 Å². The minimum absolute atomic E-state index is 0.285. The van der Waals surface area contributed by atoms with E-state index < -0.39 is 0 Å². The van der Waals surface area contributed by atoms with Crippen LogP contribution in [0.1, 0.15) is 34.8 Å². The van der Waals surface area contributed by atoms with Gasteiger partial charge in [0.2, 0.25) is 0 Å². The molecule has 0 spiro atoms. The van der Waals surface area contributed by atoms with Gasteiger partial charge in [0.05, 0.1) is 6.61 Å². The molecule has 102 valence electrons. The van der Waals surface area contributed by atoms with Crippen molar-refractivity contribution in [1.29, 1.82) is 0 Å². The predicted molar refractivity (Wildman–Crippen MR) is 74.0 cm³/mol. The maximum atomic E-state index is 11.6. The summed E-state index contributed by atoms with van der Waals surface area (Å²) in [5.41, 5.74) is 6.32. The molecule has 1 aromatic rings. The van der Waals surface area contributed by atoms with Gasteiger partial charge in [0.15, 0.2) is 0 Å². The monoisotopic (exact) mass is 271 g/mol. The van der Waals surface area contributed by atoms with Gasteiger partial charge in [0.25, 0.3) is 0 Å². The van der Waals surface area contributed by atoms with Crippen molar-refractivity contribution in [3.63, 3.8) is 0 Å². The van der Waals surface area contributed by atoms with Crippen LogP contribution >= 0.6 is 11.3 Å². The largest absolute Gasteiger partial charge is 0.459 e. The zero-order valence-electron chi connectivity index (χ0n) is 11.2. The highest BCUT2D eigenvalue weighted by atomic mass is 32.1. The second-order valence-corrected chi connectivity index (χ2v) is 5.81. The molecule has 0 bridgehead atoms. The fraction of sp³-hybridized carbons (Fsp3) is 0.615. The summed E-state index contributed by atoms with van der Waals surface area (Å²) in [6, 6.07) is 1.65. The van der Waals surface area contributed by atoms with Crippen LogP contribution in [0, 0.1) is 12.8 Å². The highest BCUT2D eigenvalue weighted by Crippen LogP contribution is 2.23. The molecular weight excluding hydrogens is 250 g/mol. The van der Waals surface area contributed by atoms with E-state index in [0.29, 0.717) is 29.7 Å². The Balaban J connectivity index is 2.18. The van der Waals surface area contributed by atoms with Crippen LogP contribution in [0.4, 0.5) is 5.69 Å². The van der Waals surface area contributed by atoms with Gasteiger partial charge in [-0.15, -0.1) is 11.3 Å². The lowest BCUT2D eigenvalue weighted by molar-refractivity contribution is 0.0308. The minimum Gasteiger partial charge on any atom is -0.459 e. The lowest BCUT2D eigenvalue weighted by atomic mass is 10.1. The first-order valence-electron chi connectivity index (χ1n) is 6.11. The summed E-state index contributed by atoms with van der Waals surface area (Å²) in [5.74, 6) is 0.303. The van der Waals surface area contributed by atoms with Crippen LogP contribution < -0.4 is 5.73 Å². The Morgan fingerprint density at radius 3 is 2.67 bits per heavy atom. The van der Waals surface area contributed by atoms with Gasteiger partial charge >= 0.3 is 5.97 Å². The smallest absolute Gasteiger partial charge is 0.348 e. The number of carbonyl (C=O) groups is 1. The number of carbonyl (C=O) groups excluding carboxylic acids is 1. The van der Waals surface area contributed by atoms with E-state index in [1.165, 1.54) is 11.3 Å². The van der Waals surface area contributed by atoms with Gasteiger partial charge in [-0.1, -0.05) is 13.8 Å². The lowest BCUT2D eigenvalue weighted by Gasteiger charge is -2.06. The molecule has 0 aliphatic rings. The molecule has 1 aromatic heterocycles. The molecule has 1 rings (SSSR count).